The van der Waals surface area contributed by atoms with E-state index >= 15 is 0 Å². The molecule has 0 unspecified atom stereocenters. The zero-order valence-electron chi connectivity index (χ0n) is 17.7. The van der Waals surface area contributed by atoms with Crippen LogP contribution >= 0.6 is 0 Å². The Balaban J connectivity index is 1.69. The fourth-order valence-electron chi connectivity index (χ4n) is 3.14. The zero-order valence-corrected chi connectivity index (χ0v) is 18.5. The van der Waals surface area contributed by atoms with Crippen LogP contribution in [0.1, 0.15) is 26.3 Å². The van der Waals surface area contributed by atoms with E-state index in [0.29, 0.717) is 23.8 Å². The summed E-state index contributed by atoms with van der Waals surface area (Å²) in [6, 6.07) is 14.7. The lowest BCUT2D eigenvalue weighted by molar-refractivity contribution is -0.127. The third-order valence-electron chi connectivity index (χ3n) is 4.80. The molecule has 1 aliphatic heterocycles. The molecule has 0 saturated heterocycles. The molecule has 3 rings (SSSR count). The quantitative estimate of drug-likeness (QED) is 0.710. The molecule has 0 radical (unpaired) electrons. The van der Waals surface area contributed by atoms with Gasteiger partial charge in [0.25, 0.3) is 5.91 Å². The summed E-state index contributed by atoms with van der Waals surface area (Å²) in [5.74, 6) is 0.707. The van der Waals surface area contributed by atoms with Crippen LogP contribution in [-0.2, 0) is 20.2 Å². The molecular formula is C22H28N2O5S. The number of carbonyl (C=O) groups excluding carboxylic acids is 1. The van der Waals surface area contributed by atoms with E-state index in [4.69, 9.17) is 9.47 Å². The highest BCUT2D eigenvalue weighted by molar-refractivity contribution is 7.92. The number of hydrogen-bond donors (Lipinski definition) is 1. The highest BCUT2D eigenvalue weighted by Crippen LogP contribution is 2.38. The van der Waals surface area contributed by atoms with Gasteiger partial charge in [-0.3, -0.25) is 9.10 Å². The highest BCUT2D eigenvalue weighted by atomic mass is 32.2. The van der Waals surface area contributed by atoms with Crippen molar-refractivity contribution in [3.8, 4) is 11.5 Å². The van der Waals surface area contributed by atoms with Gasteiger partial charge >= 0.3 is 0 Å². The predicted octanol–water partition coefficient (Wildman–Crippen LogP) is 2.71. The maximum absolute atomic E-state index is 12.6. The van der Waals surface area contributed by atoms with Crippen LogP contribution < -0.4 is 19.1 Å². The van der Waals surface area contributed by atoms with Crippen LogP contribution in [0.2, 0.25) is 0 Å². The summed E-state index contributed by atoms with van der Waals surface area (Å²) in [5.41, 5.74) is 1.30. The zero-order chi connectivity index (χ0) is 21.9. The summed E-state index contributed by atoms with van der Waals surface area (Å²) in [4.78, 5) is 12.6. The van der Waals surface area contributed by atoms with E-state index in [1.165, 1.54) is 4.31 Å². The van der Waals surface area contributed by atoms with Crippen molar-refractivity contribution >= 4 is 21.6 Å². The summed E-state index contributed by atoms with van der Waals surface area (Å²) >= 11 is 0. The molecule has 8 heteroatoms. The van der Waals surface area contributed by atoms with Gasteiger partial charge in [-0.15, -0.1) is 0 Å². The molecule has 1 N–H and O–H groups in total. The first-order valence-corrected chi connectivity index (χ1v) is 11.6. The number of sulfonamides is 1. The smallest absolute Gasteiger partial charge is 0.263 e. The second-order valence-electron chi connectivity index (χ2n) is 8.29. The summed E-state index contributed by atoms with van der Waals surface area (Å²) in [5, 5.41) is 2.75. The Kier molecular flexibility index (Phi) is 6.26. The van der Waals surface area contributed by atoms with Gasteiger partial charge in [-0.25, -0.2) is 8.42 Å². The number of fused-ring (bicyclic) bond motifs is 1. The van der Waals surface area contributed by atoms with Crippen molar-refractivity contribution in [1.82, 2.24) is 5.32 Å². The lowest BCUT2D eigenvalue weighted by atomic mass is 9.86. The molecule has 162 valence electrons. The highest BCUT2D eigenvalue weighted by Gasteiger charge is 2.35. The molecule has 0 aromatic heterocycles. The SMILES string of the molecule is CC(C)(C)c1ccc2c(c1)N(S(C)(=O)=O)C[C@@H](C(=O)NCCOc1ccccc1)O2. The van der Waals surface area contributed by atoms with Gasteiger partial charge in [-0.05, 0) is 35.2 Å². The topological polar surface area (TPSA) is 84.9 Å². The molecular weight excluding hydrogens is 404 g/mol. The maximum atomic E-state index is 12.6. The fraction of sp³-hybridized carbons (Fsp3) is 0.409. The number of amides is 1. The van der Waals surface area contributed by atoms with Gasteiger partial charge in [-0.1, -0.05) is 45.0 Å². The van der Waals surface area contributed by atoms with E-state index in [1.54, 1.807) is 6.07 Å². The molecule has 30 heavy (non-hydrogen) atoms. The largest absolute Gasteiger partial charge is 0.492 e. The van der Waals surface area contributed by atoms with Crippen LogP contribution in [0, 0.1) is 0 Å². The molecule has 0 aliphatic carbocycles. The van der Waals surface area contributed by atoms with Crippen molar-refractivity contribution in [3.63, 3.8) is 0 Å². The Morgan fingerprint density at radius 1 is 1.20 bits per heavy atom. The Labute approximate surface area is 178 Å². The van der Waals surface area contributed by atoms with Crippen LogP contribution in [0.3, 0.4) is 0 Å². The number of benzene rings is 2. The van der Waals surface area contributed by atoms with Gasteiger partial charge in [0.2, 0.25) is 10.0 Å². The monoisotopic (exact) mass is 432 g/mol. The van der Waals surface area contributed by atoms with Crippen molar-refractivity contribution in [3.05, 3.63) is 54.1 Å². The van der Waals surface area contributed by atoms with Crippen molar-refractivity contribution < 1.29 is 22.7 Å². The van der Waals surface area contributed by atoms with Gasteiger partial charge < -0.3 is 14.8 Å². The molecule has 0 bridgehead atoms. The van der Waals surface area contributed by atoms with Crippen molar-refractivity contribution in [2.24, 2.45) is 0 Å². The van der Waals surface area contributed by atoms with Crippen LogP contribution in [0.25, 0.3) is 0 Å². The molecule has 1 amide bonds. The standard InChI is InChI=1S/C22H28N2O5S/c1-22(2,3)16-10-11-19-18(14-16)24(30(4,26)27)15-20(29-19)21(25)23-12-13-28-17-8-6-5-7-9-17/h5-11,14,20H,12-13,15H2,1-4H3,(H,23,25)/t20-/m0/s1. The summed E-state index contributed by atoms with van der Waals surface area (Å²) < 4.78 is 37.5. The van der Waals surface area contributed by atoms with E-state index in [9.17, 15) is 13.2 Å². The first-order valence-electron chi connectivity index (χ1n) is 9.80. The van der Waals surface area contributed by atoms with Crippen LogP contribution in [0.15, 0.2) is 48.5 Å². The number of ether oxygens (including phenoxy) is 2. The van der Waals surface area contributed by atoms with Crippen LogP contribution in [0.4, 0.5) is 5.69 Å². The van der Waals surface area contributed by atoms with Gasteiger partial charge in [0.15, 0.2) is 6.10 Å². The Morgan fingerprint density at radius 3 is 2.53 bits per heavy atom. The summed E-state index contributed by atoms with van der Waals surface area (Å²) in [7, 11) is -3.58. The Hall–Kier alpha value is -2.74. The molecule has 0 fully saturated rings. The van der Waals surface area contributed by atoms with Crippen LogP contribution in [0.5, 0.6) is 11.5 Å². The summed E-state index contributed by atoms with van der Waals surface area (Å²) in [6.45, 7) is 6.65. The number of anilines is 1. The number of nitrogens with zero attached hydrogens (tertiary/aromatic N) is 1. The Bertz CT molecular complexity index is 1000. The van der Waals surface area contributed by atoms with E-state index in [1.807, 2.05) is 42.5 Å². The third kappa shape index (κ3) is 5.24. The minimum atomic E-state index is -3.58. The Morgan fingerprint density at radius 2 is 1.90 bits per heavy atom. The average Bonchev–Trinajstić information content (AvgIpc) is 2.69. The predicted molar refractivity (Wildman–Crippen MR) is 117 cm³/mol. The molecule has 1 aliphatic rings. The number of para-hydroxylation sites is 1. The van der Waals surface area contributed by atoms with Gasteiger partial charge in [0.1, 0.15) is 18.1 Å². The molecule has 2 aromatic rings. The second-order valence-corrected chi connectivity index (χ2v) is 10.2. The summed E-state index contributed by atoms with van der Waals surface area (Å²) in [6.07, 6.45) is 0.193. The van der Waals surface area contributed by atoms with Crippen LogP contribution in [-0.4, -0.2) is 46.4 Å². The molecule has 1 atom stereocenters. The number of rotatable bonds is 6. The normalized spacial score (nSPS) is 16.4. The van der Waals surface area contributed by atoms with Crippen molar-refractivity contribution in [1.29, 1.82) is 0 Å². The maximum Gasteiger partial charge on any atom is 0.263 e. The minimum absolute atomic E-state index is 0.0786. The number of hydrogen-bond acceptors (Lipinski definition) is 5. The molecule has 7 nitrogen and oxygen atoms in total. The molecule has 0 spiro atoms. The van der Waals surface area contributed by atoms with E-state index < -0.39 is 16.1 Å². The van der Waals surface area contributed by atoms with Gasteiger partial charge in [0, 0.05) is 0 Å². The number of carbonyl (C=O) groups is 1. The minimum Gasteiger partial charge on any atom is -0.492 e. The number of nitrogens with one attached hydrogen (secondary N) is 1. The second kappa shape index (κ2) is 8.55. The van der Waals surface area contributed by atoms with E-state index in [0.717, 1.165) is 11.8 Å². The molecule has 2 aromatic carbocycles. The van der Waals surface area contributed by atoms with Crippen molar-refractivity contribution in [2.45, 2.75) is 32.3 Å². The molecule has 0 saturated carbocycles. The van der Waals surface area contributed by atoms with E-state index in [2.05, 4.69) is 26.1 Å². The third-order valence-corrected chi connectivity index (χ3v) is 5.95. The lowest BCUT2D eigenvalue weighted by Gasteiger charge is -2.35. The van der Waals surface area contributed by atoms with Crippen molar-refractivity contribution in [2.75, 3.05) is 30.3 Å². The van der Waals surface area contributed by atoms with E-state index in [-0.39, 0.29) is 24.4 Å². The first kappa shape index (κ1) is 22.0. The van der Waals surface area contributed by atoms with Gasteiger partial charge in [-0.2, -0.15) is 0 Å². The molecule has 1 heterocycles. The van der Waals surface area contributed by atoms with Gasteiger partial charge in [0.05, 0.1) is 25.0 Å². The average molecular weight is 433 g/mol. The first-order chi connectivity index (χ1) is 14.1. The fourth-order valence-corrected chi connectivity index (χ4v) is 4.05. The lowest BCUT2D eigenvalue weighted by Crippen LogP contribution is -2.51.